The fraction of sp³-hybridized carbons (Fsp3) is 0.0870. The van der Waals surface area contributed by atoms with Crippen LogP contribution in [0.3, 0.4) is 0 Å². The molecule has 0 aliphatic carbocycles. The number of carbonyl (C=O) groups is 1. The Morgan fingerprint density at radius 3 is 2.48 bits per heavy atom. The maximum Gasteiger partial charge on any atom is 0.263 e. The zero-order chi connectivity index (χ0) is 22.4. The number of rotatable bonds is 7. The molecule has 1 amide bonds. The number of terminal acetylenes is 1. The van der Waals surface area contributed by atoms with Gasteiger partial charge in [0.2, 0.25) is 0 Å². The molecule has 0 atom stereocenters. The summed E-state index contributed by atoms with van der Waals surface area (Å²) in [7, 11) is -4.04. The standard InChI is InChI=1S/C23H19ClN2O4S/c1-3-16-6-5-7-19(14-16)25-23(27)17-8-13-21(24)22(15-17)31(28,29)26-18-9-11-20(12-10-18)30-4-2/h1,5-15,26H,4H2,2H3,(H,25,27). The van der Waals surface area contributed by atoms with E-state index in [0.29, 0.717) is 29.3 Å². The number of ether oxygens (including phenoxy) is 1. The van der Waals surface area contributed by atoms with E-state index in [0.717, 1.165) is 0 Å². The average Bonchev–Trinajstić information content (AvgIpc) is 2.75. The second-order valence-corrected chi connectivity index (χ2v) is 8.45. The summed E-state index contributed by atoms with van der Waals surface area (Å²) in [5, 5.41) is 2.68. The van der Waals surface area contributed by atoms with E-state index in [-0.39, 0.29) is 15.5 Å². The molecule has 0 unspecified atom stereocenters. The highest BCUT2D eigenvalue weighted by Gasteiger charge is 2.20. The van der Waals surface area contributed by atoms with Crippen LogP contribution in [0.15, 0.2) is 71.6 Å². The molecule has 8 heteroatoms. The number of anilines is 2. The van der Waals surface area contributed by atoms with E-state index in [1.807, 2.05) is 6.92 Å². The van der Waals surface area contributed by atoms with Crippen LogP contribution in [0, 0.1) is 12.3 Å². The minimum Gasteiger partial charge on any atom is -0.494 e. The Balaban J connectivity index is 1.83. The van der Waals surface area contributed by atoms with Crippen molar-refractivity contribution in [2.75, 3.05) is 16.6 Å². The number of hydrogen-bond donors (Lipinski definition) is 2. The number of benzene rings is 3. The highest BCUT2D eigenvalue weighted by atomic mass is 35.5. The van der Waals surface area contributed by atoms with Crippen molar-refractivity contribution in [3.8, 4) is 18.1 Å². The van der Waals surface area contributed by atoms with E-state index in [4.69, 9.17) is 22.8 Å². The first-order valence-corrected chi connectivity index (χ1v) is 11.1. The highest BCUT2D eigenvalue weighted by Crippen LogP contribution is 2.26. The lowest BCUT2D eigenvalue weighted by Gasteiger charge is -2.12. The predicted octanol–water partition coefficient (Wildman–Crippen LogP) is 4.77. The SMILES string of the molecule is C#Cc1cccc(NC(=O)c2ccc(Cl)c(S(=O)(=O)Nc3ccc(OCC)cc3)c2)c1. The largest absolute Gasteiger partial charge is 0.494 e. The molecular weight excluding hydrogens is 436 g/mol. The van der Waals surface area contributed by atoms with Crippen LogP contribution in [0.5, 0.6) is 5.75 Å². The fourth-order valence-corrected chi connectivity index (χ4v) is 4.32. The van der Waals surface area contributed by atoms with Gasteiger partial charge >= 0.3 is 0 Å². The third-order valence-electron chi connectivity index (χ3n) is 4.19. The molecule has 3 aromatic rings. The Bertz CT molecular complexity index is 1250. The summed E-state index contributed by atoms with van der Waals surface area (Å²) in [4.78, 5) is 12.4. The van der Waals surface area contributed by atoms with Crippen molar-refractivity contribution >= 4 is 38.9 Å². The lowest BCUT2D eigenvalue weighted by molar-refractivity contribution is 0.102. The van der Waals surface area contributed by atoms with Crippen molar-refractivity contribution < 1.29 is 17.9 Å². The van der Waals surface area contributed by atoms with Gasteiger partial charge in [-0.15, -0.1) is 6.42 Å². The Morgan fingerprint density at radius 2 is 1.81 bits per heavy atom. The fourth-order valence-electron chi connectivity index (χ4n) is 2.74. The molecular formula is C23H19ClN2O4S. The topological polar surface area (TPSA) is 84.5 Å². The van der Waals surface area contributed by atoms with Crippen LogP contribution in [0.4, 0.5) is 11.4 Å². The first kappa shape index (κ1) is 22.2. The molecule has 6 nitrogen and oxygen atoms in total. The Kier molecular flexibility index (Phi) is 6.85. The molecule has 0 spiro atoms. The molecule has 31 heavy (non-hydrogen) atoms. The van der Waals surface area contributed by atoms with Crippen LogP contribution < -0.4 is 14.8 Å². The molecule has 0 saturated carbocycles. The molecule has 2 N–H and O–H groups in total. The number of halogens is 1. The summed E-state index contributed by atoms with van der Waals surface area (Å²) in [5.41, 5.74) is 1.56. The van der Waals surface area contributed by atoms with E-state index in [2.05, 4.69) is 16.0 Å². The van der Waals surface area contributed by atoms with Crippen LogP contribution in [-0.4, -0.2) is 20.9 Å². The normalized spacial score (nSPS) is 10.7. The van der Waals surface area contributed by atoms with Gasteiger partial charge in [-0.2, -0.15) is 0 Å². The molecule has 0 aliphatic rings. The van der Waals surface area contributed by atoms with E-state index >= 15 is 0 Å². The molecule has 0 aliphatic heterocycles. The van der Waals surface area contributed by atoms with Gasteiger partial charge in [0.1, 0.15) is 10.6 Å². The first-order valence-electron chi connectivity index (χ1n) is 9.25. The molecule has 0 aromatic heterocycles. The van der Waals surface area contributed by atoms with Crippen LogP contribution >= 0.6 is 11.6 Å². The van der Waals surface area contributed by atoms with Crippen molar-refractivity contribution in [3.63, 3.8) is 0 Å². The maximum absolute atomic E-state index is 12.9. The van der Waals surface area contributed by atoms with Crippen molar-refractivity contribution in [1.29, 1.82) is 0 Å². The zero-order valence-electron chi connectivity index (χ0n) is 16.6. The second-order valence-electron chi connectivity index (χ2n) is 6.39. The molecule has 158 valence electrons. The Hall–Kier alpha value is -3.47. The van der Waals surface area contributed by atoms with Crippen LogP contribution in [0.25, 0.3) is 0 Å². The molecule has 0 fully saturated rings. The molecule has 3 rings (SSSR count). The first-order chi connectivity index (χ1) is 14.8. The summed E-state index contributed by atoms with van der Waals surface area (Å²) in [6, 6.07) is 17.2. The Labute approximate surface area is 186 Å². The van der Waals surface area contributed by atoms with E-state index in [1.165, 1.54) is 18.2 Å². The molecule has 0 radical (unpaired) electrons. The van der Waals surface area contributed by atoms with E-state index < -0.39 is 15.9 Å². The second kappa shape index (κ2) is 9.56. The van der Waals surface area contributed by atoms with E-state index in [9.17, 15) is 13.2 Å². The lowest BCUT2D eigenvalue weighted by atomic mass is 10.2. The van der Waals surface area contributed by atoms with Gasteiger partial charge in [0, 0.05) is 22.5 Å². The monoisotopic (exact) mass is 454 g/mol. The molecule has 0 saturated heterocycles. The number of nitrogens with one attached hydrogen (secondary N) is 2. The van der Waals surface area contributed by atoms with Gasteiger partial charge in [-0.25, -0.2) is 8.42 Å². The van der Waals surface area contributed by atoms with Gasteiger partial charge in [-0.3, -0.25) is 9.52 Å². The number of hydrogen-bond acceptors (Lipinski definition) is 4. The van der Waals surface area contributed by atoms with Crippen molar-refractivity contribution in [1.82, 2.24) is 0 Å². The third kappa shape index (κ3) is 5.57. The predicted molar refractivity (Wildman–Crippen MR) is 122 cm³/mol. The van der Waals surface area contributed by atoms with Gasteiger partial charge in [0.25, 0.3) is 15.9 Å². The van der Waals surface area contributed by atoms with Gasteiger partial charge in [0.15, 0.2) is 0 Å². The molecule has 0 bridgehead atoms. The van der Waals surface area contributed by atoms with Crippen LogP contribution in [0.2, 0.25) is 5.02 Å². The van der Waals surface area contributed by atoms with Gasteiger partial charge in [-0.1, -0.05) is 23.6 Å². The highest BCUT2D eigenvalue weighted by molar-refractivity contribution is 7.92. The van der Waals surface area contributed by atoms with Gasteiger partial charge in [0.05, 0.1) is 11.6 Å². The maximum atomic E-state index is 12.9. The minimum atomic E-state index is -4.04. The minimum absolute atomic E-state index is 0.00989. The average molecular weight is 455 g/mol. The van der Waals surface area contributed by atoms with Gasteiger partial charge in [-0.05, 0) is 67.6 Å². The quantitative estimate of drug-likeness (QED) is 0.503. The van der Waals surface area contributed by atoms with Crippen LogP contribution in [0.1, 0.15) is 22.8 Å². The van der Waals surface area contributed by atoms with Crippen LogP contribution in [-0.2, 0) is 10.0 Å². The molecule has 0 heterocycles. The van der Waals surface area contributed by atoms with Crippen molar-refractivity contribution in [2.24, 2.45) is 0 Å². The zero-order valence-corrected chi connectivity index (χ0v) is 18.1. The molecule has 3 aromatic carbocycles. The summed E-state index contributed by atoms with van der Waals surface area (Å²) in [6.07, 6.45) is 5.37. The summed E-state index contributed by atoms with van der Waals surface area (Å²) >= 11 is 6.12. The number of carbonyl (C=O) groups excluding carboxylic acids is 1. The summed E-state index contributed by atoms with van der Waals surface area (Å²) in [6.45, 7) is 2.36. The van der Waals surface area contributed by atoms with Crippen molar-refractivity contribution in [2.45, 2.75) is 11.8 Å². The van der Waals surface area contributed by atoms with Crippen molar-refractivity contribution in [3.05, 3.63) is 82.9 Å². The Morgan fingerprint density at radius 1 is 1.06 bits per heavy atom. The summed E-state index contributed by atoms with van der Waals surface area (Å²) < 4.78 is 33.5. The smallest absolute Gasteiger partial charge is 0.263 e. The summed E-state index contributed by atoms with van der Waals surface area (Å²) in [5.74, 6) is 2.61. The van der Waals surface area contributed by atoms with Gasteiger partial charge < -0.3 is 10.1 Å². The lowest BCUT2D eigenvalue weighted by Crippen LogP contribution is -2.16. The number of amides is 1. The third-order valence-corrected chi connectivity index (χ3v) is 6.05. The van der Waals surface area contributed by atoms with E-state index in [1.54, 1.807) is 48.5 Å². The number of sulfonamides is 1.